The zero-order valence-electron chi connectivity index (χ0n) is 10.2. The van der Waals surface area contributed by atoms with Crippen LogP contribution in [0.5, 0.6) is 0 Å². The molecule has 3 heteroatoms. The van der Waals surface area contributed by atoms with Crippen LogP contribution in [-0.2, 0) is 9.53 Å². The molecular weight excluding hydrogens is 214 g/mol. The molecule has 2 atom stereocenters. The molecule has 2 rings (SSSR count). The number of carbonyl (C=O) groups is 1. The average Bonchev–Trinajstić information content (AvgIpc) is 2.89. The van der Waals surface area contributed by atoms with Crippen LogP contribution in [0, 0.1) is 0 Å². The van der Waals surface area contributed by atoms with Gasteiger partial charge in [0.05, 0.1) is 12.0 Å². The lowest BCUT2D eigenvalue weighted by molar-refractivity contribution is -0.122. The quantitative estimate of drug-likeness (QED) is 0.864. The van der Waals surface area contributed by atoms with Crippen LogP contribution in [-0.4, -0.2) is 25.2 Å². The first-order chi connectivity index (χ1) is 8.27. The molecule has 1 heterocycles. The molecule has 1 aliphatic rings. The molecule has 0 saturated carbocycles. The number of hydrogen-bond acceptors (Lipinski definition) is 2. The van der Waals surface area contributed by atoms with Crippen LogP contribution in [0.4, 0.5) is 0 Å². The van der Waals surface area contributed by atoms with Crippen molar-refractivity contribution >= 4 is 5.91 Å². The summed E-state index contributed by atoms with van der Waals surface area (Å²) >= 11 is 0. The Labute approximate surface area is 102 Å². The van der Waals surface area contributed by atoms with Crippen LogP contribution in [0.3, 0.4) is 0 Å². The van der Waals surface area contributed by atoms with Gasteiger partial charge in [-0.05, 0) is 25.3 Å². The van der Waals surface area contributed by atoms with E-state index in [0.717, 1.165) is 25.0 Å². The Morgan fingerprint density at radius 2 is 2.24 bits per heavy atom. The second kappa shape index (κ2) is 5.82. The van der Waals surface area contributed by atoms with E-state index in [1.165, 1.54) is 0 Å². The lowest BCUT2D eigenvalue weighted by Gasteiger charge is -2.15. The van der Waals surface area contributed by atoms with Gasteiger partial charge in [-0.3, -0.25) is 4.79 Å². The smallest absolute Gasteiger partial charge is 0.227 e. The fourth-order valence-corrected chi connectivity index (χ4v) is 2.07. The number of ether oxygens (including phenoxy) is 1. The molecule has 0 aromatic heterocycles. The first kappa shape index (κ1) is 12.1. The van der Waals surface area contributed by atoms with Gasteiger partial charge in [-0.15, -0.1) is 0 Å². The van der Waals surface area contributed by atoms with Gasteiger partial charge in [-0.2, -0.15) is 0 Å². The van der Waals surface area contributed by atoms with Gasteiger partial charge in [0, 0.05) is 13.2 Å². The van der Waals surface area contributed by atoms with Crippen LogP contribution in [0.15, 0.2) is 30.3 Å². The third-order valence-corrected chi connectivity index (χ3v) is 3.22. The van der Waals surface area contributed by atoms with E-state index in [1.807, 2.05) is 37.3 Å². The summed E-state index contributed by atoms with van der Waals surface area (Å²) in [5.41, 5.74) is 1.05. The fraction of sp³-hybridized carbons (Fsp3) is 0.500. The van der Waals surface area contributed by atoms with Gasteiger partial charge < -0.3 is 10.1 Å². The molecule has 0 radical (unpaired) electrons. The number of amides is 1. The van der Waals surface area contributed by atoms with Crippen molar-refractivity contribution in [3.8, 4) is 0 Å². The monoisotopic (exact) mass is 233 g/mol. The summed E-state index contributed by atoms with van der Waals surface area (Å²) in [6, 6.07) is 9.84. The molecule has 1 amide bonds. The van der Waals surface area contributed by atoms with Gasteiger partial charge >= 0.3 is 0 Å². The third-order valence-electron chi connectivity index (χ3n) is 3.22. The highest BCUT2D eigenvalue weighted by Crippen LogP contribution is 2.15. The van der Waals surface area contributed by atoms with Gasteiger partial charge in [0.2, 0.25) is 5.91 Å². The van der Waals surface area contributed by atoms with Gasteiger partial charge in [0.15, 0.2) is 0 Å². The number of hydrogen-bond donors (Lipinski definition) is 1. The lowest BCUT2D eigenvalue weighted by atomic mass is 10.0. The highest BCUT2D eigenvalue weighted by Gasteiger charge is 2.19. The van der Waals surface area contributed by atoms with Crippen molar-refractivity contribution in [3.63, 3.8) is 0 Å². The molecule has 1 aromatic carbocycles. The summed E-state index contributed by atoms with van der Waals surface area (Å²) in [4.78, 5) is 11.9. The fourth-order valence-electron chi connectivity index (χ4n) is 2.07. The van der Waals surface area contributed by atoms with Crippen LogP contribution in [0.1, 0.15) is 31.2 Å². The first-order valence-corrected chi connectivity index (χ1v) is 6.21. The van der Waals surface area contributed by atoms with E-state index in [4.69, 9.17) is 4.74 Å². The Morgan fingerprint density at radius 3 is 2.88 bits per heavy atom. The molecule has 0 aliphatic carbocycles. The standard InChI is InChI=1S/C14H19NO2/c1-11(12-6-3-2-4-7-12)14(16)15-10-13-8-5-9-17-13/h2-4,6-7,11,13H,5,8-10H2,1H3,(H,15,16)/t11-,13-/m0/s1. The highest BCUT2D eigenvalue weighted by atomic mass is 16.5. The Hall–Kier alpha value is -1.35. The molecule has 0 unspecified atom stereocenters. The van der Waals surface area contributed by atoms with Crippen LogP contribution in [0.25, 0.3) is 0 Å². The van der Waals surface area contributed by atoms with Crippen molar-refractivity contribution < 1.29 is 9.53 Å². The average molecular weight is 233 g/mol. The molecule has 1 N–H and O–H groups in total. The maximum atomic E-state index is 11.9. The lowest BCUT2D eigenvalue weighted by Crippen LogP contribution is -2.34. The minimum Gasteiger partial charge on any atom is -0.376 e. The van der Waals surface area contributed by atoms with E-state index in [9.17, 15) is 4.79 Å². The summed E-state index contributed by atoms with van der Waals surface area (Å²) in [6.07, 6.45) is 2.37. The molecule has 3 nitrogen and oxygen atoms in total. The summed E-state index contributed by atoms with van der Waals surface area (Å²) in [6.45, 7) is 3.39. The predicted octanol–water partition coefficient (Wildman–Crippen LogP) is 2.09. The van der Waals surface area contributed by atoms with Crippen LogP contribution >= 0.6 is 0 Å². The van der Waals surface area contributed by atoms with Gasteiger partial charge in [-0.25, -0.2) is 0 Å². The van der Waals surface area contributed by atoms with Gasteiger partial charge in [0.1, 0.15) is 0 Å². The second-order valence-corrected chi connectivity index (χ2v) is 4.51. The normalized spacial score (nSPS) is 21.1. The van der Waals surface area contributed by atoms with E-state index in [0.29, 0.717) is 6.54 Å². The summed E-state index contributed by atoms with van der Waals surface area (Å²) in [7, 11) is 0. The van der Waals surface area contributed by atoms with Crippen LogP contribution < -0.4 is 5.32 Å². The minimum atomic E-state index is -0.0994. The molecule has 17 heavy (non-hydrogen) atoms. The largest absolute Gasteiger partial charge is 0.376 e. The Balaban J connectivity index is 1.83. The van der Waals surface area contributed by atoms with E-state index in [2.05, 4.69) is 5.32 Å². The number of nitrogens with one attached hydrogen (secondary N) is 1. The third kappa shape index (κ3) is 3.30. The Bertz CT molecular complexity index is 358. The minimum absolute atomic E-state index is 0.0756. The second-order valence-electron chi connectivity index (χ2n) is 4.51. The van der Waals surface area contributed by atoms with Crippen LogP contribution in [0.2, 0.25) is 0 Å². The molecule has 92 valence electrons. The molecule has 1 saturated heterocycles. The van der Waals surface area contributed by atoms with Crippen molar-refractivity contribution in [1.29, 1.82) is 0 Å². The van der Waals surface area contributed by atoms with Gasteiger partial charge in [-0.1, -0.05) is 30.3 Å². The predicted molar refractivity (Wildman–Crippen MR) is 66.8 cm³/mol. The van der Waals surface area contributed by atoms with Crippen molar-refractivity contribution in [2.24, 2.45) is 0 Å². The molecule has 1 fully saturated rings. The van der Waals surface area contributed by atoms with Crippen molar-refractivity contribution in [3.05, 3.63) is 35.9 Å². The van der Waals surface area contributed by atoms with Crippen molar-refractivity contribution in [2.45, 2.75) is 31.8 Å². The highest BCUT2D eigenvalue weighted by molar-refractivity contribution is 5.83. The molecule has 0 spiro atoms. The van der Waals surface area contributed by atoms with Crippen molar-refractivity contribution in [2.75, 3.05) is 13.2 Å². The summed E-state index contributed by atoms with van der Waals surface area (Å²) in [5, 5.41) is 2.96. The van der Waals surface area contributed by atoms with Gasteiger partial charge in [0.25, 0.3) is 0 Å². The molecular formula is C14H19NO2. The Morgan fingerprint density at radius 1 is 1.47 bits per heavy atom. The van der Waals surface area contributed by atoms with E-state index < -0.39 is 0 Å². The number of benzene rings is 1. The SMILES string of the molecule is C[C@H](C(=O)NC[C@@H]1CCCO1)c1ccccc1. The molecule has 0 bridgehead atoms. The topological polar surface area (TPSA) is 38.3 Å². The zero-order valence-corrected chi connectivity index (χ0v) is 10.2. The number of carbonyl (C=O) groups excluding carboxylic acids is 1. The van der Waals surface area contributed by atoms with E-state index in [-0.39, 0.29) is 17.9 Å². The number of rotatable bonds is 4. The van der Waals surface area contributed by atoms with E-state index >= 15 is 0 Å². The zero-order chi connectivity index (χ0) is 12.1. The summed E-state index contributed by atoms with van der Waals surface area (Å²) < 4.78 is 5.47. The molecule has 1 aliphatic heterocycles. The Kier molecular flexibility index (Phi) is 4.15. The first-order valence-electron chi connectivity index (χ1n) is 6.21. The molecule has 1 aromatic rings. The maximum Gasteiger partial charge on any atom is 0.227 e. The summed E-state index contributed by atoms with van der Waals surface area (Å²) in [5.74, 6) is -0.0238. The maximum absolute atomic E-state index is 11.9. The van der Waals surface area contributed by atoms with E-state index in [1.54, 1.807) is 0 Å². The van der Waals surface area contributed by atoms with Crippen molar-refractivity contribution in [1.82, 2.24) is 5.32 Å².